The van der Waals surface area contributed by atoms with Crippen molar-refractivity contribution in [1.82, 2.24) is 4.98 Å². The zero-order chi connectivity index (χ0) is 9.97. The summed E-state index contributed by atoms with van der Waals surface area (Å²) in [6, 6.07) is 0.350. The van der Waals surface area contributed by atoms with E-state index in [1.165, 1.54) is 4.88 Å². The first kappa shape index (κ1) is 10.1. The van der Waals surface area contributed by atoms with Crippen molar-refractivity contribution in [1.29, 1.82) is 0 Å². The molecule has 2 N–H and O–H groups in total. The molecule has 4 heteroatoms. The molecule has 0 aliphatic heterocycles. The second-order valence-corrected chi connectivity index (χ2v) is 5.17. The molecule has 1 aromatic rings. The van der Waals surface area contributed by atoms with Crippen LogP contribution in [0.5, 0.6) is 0 Å². The van der Waals surface area contributed by atoms with E-state index in [4.69, 9.17) is 10.5 Å². The summed E-state index contributed by atoms with van der Waals surface area (Å²) in [4.78, 5) is 5.40. The van der Waals surface area contributed by atoms with Crippen molar-refractivity contribution in [2.45, 2.75) is 44.9 Å². The van der Waals surface area contributed by atoms with Crippen LogP contribution >= 0.6 is 11.3 Å². The molecular weight excluding hydrogens is 196 g/mol. The van der Waals surface area contributed by atoms with Gasteiger partial charge in [-0.2, -0.15) is 0 Å². The fraction of sp³-hybridized carbons (Fsp3) is 0.700. The zero-order valence-electron chi connectivity index (χ0n) is 8.40. The van der Waals surface area contributed by atoms with E-state index in [0.717, 1.165) is 24.3 Å². The Balaban J connectivity index is 1.77. The van der Waals surface area contributed by atoms with Crippen molar-refractivity contribution in [3.05, 3.63) is 16.1 Å². The lowest BCUT2D eigenvalue weighted by molar-refractivity contribution is 0.0463. The molecule has 0 amide bonds. The highest BCUT2D eigenvalue weighted by molar-refractivity contribution is 7.11. The second kappa shape index (κ2) is 4.38. The number of hydrogen-bond donors (Lipinski definition) is 1. The molecule has 1 saturated carbocycles. The molecule has 0 saturated heterocycles. The highest BCUT2D eigenvalue weighted by atomic mass is 32.1. The third kappa shape index (κ3) is 2.53. The Morgan fingerprint density at radius 2 is 2.50 bits per heavy atom. The van der Waals surface area contributed by atoms with Gasteiger partial charge in [-0.1, -0.05) is 0 Å². The molecule has 1 fully saturated rings. The summed E-state index contributed by atoms with van der Waals surface area (Å²) >= 11 is 1.70. The van der Waals surface area contributed by atoms with E-state index in [1.807, 2.05) is 13.1 Å². The van der Waals surface area contributed by atoms with E-state index in [1.54, 1.807) is 11.3 Å². The van der Waals surface area contributed by atoms with Gasteiger partial charge in [0.05, 0.1) is 22.6 Å². The number of hydrogen-bond acceptors (Lipinski definition) is 4. The van der Waals surface area contributed by atoms with E-state index >= 15 is 0 Å². The lowest BCUT2D eigenvalue weighted by atomic mass is 10.3. The maximum atomic E-state index is 5.81. The van der Waals surface area contributed by atoms with Crippen LogP contribution in [0.15, 0.2) is 6.20 Å². The number of ether oxygens (including phenoxy) is 1. The van der Waals surface area contributed by atoms with Gasteiger partial charge in [0.15, 0.2) is 0 Å². The van der Waals surface area contributed by atoms with E-state index in [-0.39, 0.29) is 0 Å². The first-order valence-electron chi connectivity index (χ1n) is 5.02. The molecule has 1 aliphatic rings. The summed E-state index contributed by atoms with van der Waals surface area (Å²) in [7, 11) is 0. The average Bonchev–Trinajstić information content (AvgIpc) is 2.72. The minimum Gasteiger partial charge on any atom is -0.373 e. The number of nitrogens with zero attached hydrogens (tertiary/aromatic N) is 1. The van der Waals surface area contributed by atoms with Crippen LogP contribution in [0.3, 0.4) is 0 Å². The Hall–Kier alpha value is -0.450. The molecular formula is C10H16N2OS. The molecule has 1 aromatic heterocycles. The number of thiazole rings is 1. The van der Waals surface area contributed by atoms with Crippen molar-refractivity contribution in [2.75, 3.05) is 0 Å². The lowest BCUT2D eigenvalue weighted by Crippen LogP contribution is -2.17. The number of aromatic nitrogens is 1. The maximum Gasteiger partial charge on any atom is 0.0897 e. The third-order valence-electron chi connectivity index (χ3n) is 2.56. The van der Waals surface area contributed by atoms with Crippen LogP contribution in [0.25, 0.3) is 0 Å². The van der Waals surface area contributed by atoms with Gasteiger partial charge in [0.2, 0.25) is 0 Å². The van der Waals surface area contributed by atoms with Crippen LogP contribution in [-0.2, 0) is 11.3 Å². The zero-order valence-corrected chi connectivity index (χ0v) is 9.22. The van der Waals surface area contributed by atoms with Crippen LogP contribution in [0, 0.1) is 6.92 Å². The highest BCUT2D eigenvalue weighted by Gasteiger charge is 2.22. The molecule has 2 atom stereocenters. The minimum absolute atomic E-state index is 0.350. The van der Waals surface area contributed by atoms with E-state index in [0.29, 0.717) is 18.8 Å². The predicted molar refractivity (Wildman–Crippen MR) is 57.3 cm³/mol. The molecule has 78 valence electrons. The molecule has 0 radical (unpaired) electrons. The summed E-state index contributed by atoms with van der Waals surface area (Å²) in [6.07, 6.45) is 5.49. The molecule has 0 bridgehead atoms. The van der Waals surface area contributed by atoms with E-state index in [9.17, 15) is 0 Å². The summed E-state index contributed by atoms with van der Waals surface area (Å²) in [6.45, 7) is 2.71. The summed E-state index contributed by atoms with van der Waals surface area (Å²) in [5.74, 6) is 0. The number of aryl methyl sites for hydroxylation is 1. The van der Waals surface area contributed by atoms with Crippen LogP contribution in [0.2, 0.25) is 0 Å². The minimum atomic E-state index is 0.350. The number of nitrogens with two attached hydrogens (primary N) is 1. The van der Waals surface area contributed by atoms with Gasteiger partial charge < -0.3 is 10.5 Å². The molecule has 14 heavy (non-hydrogen) atoms. The molecule has 2 unspecified atom stereocenters. The van der Waals surface area contributed by atoms with Gasteiger partial charge in [0.25, 0.3) is 0 Å². The topological polar surface area (TPSA) is 48.1 Å². The van der Waals surface area contributed by atoms with Gasteiger partial charge in [-0.3, -0.25) is 0 Å². The summed E-state index contributed by atoms with van der Waals surface area (Å²) < 4.78 is 5.76. The third-order valence-corrected chi connectivity index (χ3v) is 3.44. The van der Waals surface area contributed by atoms with Crippen LogP contribution < -0.4 is 5.73 Å². The molecule has 1 aliphatic carbocycles. The van der Waals surface area contributed by atoms with Gasteiger partial charge >= 0.3 is 0 Å². The van der Waals surface area contributed by atoms with Crippen molar-refractivity contribution in [3.63, 3.8) is 0 Å². The Morgan fingerprint density at radius 1 is 1.64 bits per heavy atom. The molecule has 0 aromatic carbocycles. The Labute approximate surface area is 88.3 Å². The second-order valence-electron chi connectivity index (χ2n) is 3.85. The quantitative estimate of drug-likeness (QED) is 0.831. The number of rotatable bonds is 3. The largest absolute Gasteiger partial charge is 0.373 e. The first-order chi connectivity index (χ1) is 6.74. The Morgan fingerprint density at radius 3 is 3.07 bits per heavy atom. The fourth-order valence-electron chi connectivity index (χ4n) is 1.80. The molecule has 3 nitrogen and oxygen atoms in total. The Kier molecular flexibility index (Phi) is 3.15. The van der Waals surface area contributed by atoms with E-state index < -0.39 is 0 Å². The van der Waals surface area contributed by atoms with Crippen molar-refractivity contribution in [3.8, 4) is 0 Å². The van der Waals surface area contributed by atoms with Gasteiger partial charge in [0.1, 0.15) is 0 Å². The highest BCUT2D eigenvalue weighted by Crippen LogP contribution is 2.22. The van der Waals surface area contributed by atoms with Crippen LogP contribution in [0.1, 0.15) is 29.1 Å². The van der Waals surface area contributed by atoms with Crippen molar-refractivity contribution in [2.24, 2.45) is 5.73 Å². The summed E-state index contributed by atoms with van der Waals surface area (Å²) in [5.41, 5.74) is 5.81. The summed E-state index contributed by atoms with van der Waals surface area (Å²) in [5, 5.41) is 1.10. The van der Waals surface area contributed by atoms with Gasteiger partial charge in [-0.25, -0.2) is 4.98 Å². The molecule has 2 rings (SSSR count). The average molecular weight is 212 g/mol. The van der Waals surface area contributed by atoms with Crippen molar-refractivity contribution < 1.29 is 4.74 Å². The normalized spacial score (nSPS) is 27.0. The van der Waals surface area contributed by atoms with E-state index in [2.05, 4.69) is 4.98 Å². The molecule has 1 heterocycles. The monoisotopic (exact) mass is 212 g/mol. The van der Waals surface area contributed by atoms with Crippen LogP contribution in [0.4, 0.5) is 0 Å². The maximum absolute atomic E-state index is 5.81. The Bertz CT molecular complexity index is 300. The molecule has 0 spiro atoms. The van der Waals surface area contributed by atoms with Crippen molar-refractivity contribution >= 4 is 11.3 Å². The van der Waals surface area contributed by atoms with Gasteiger partial charge in [-0.15, -0.1) is 11.3 Å². The standard InChI is InChI=1S/C10H16N2OS/c1-7-12-5-10(14-7)6-13-9-3-2-8(11)4-9/h5,8-9H,2-4,6,11H2,1H3. The lowest BCUT2D eigenvalue weighted by Gasteiger charge is -2.09. The van der Waals surface area contributed by atoms with Gasteiger partial charge in [-0.05, 0) is 26.2 Å². The fourth-order valence-corrected chi connectivity index (χ4v) is 2.51. The SMILES string of the molecule is Cc1ncc(COC2CCC(N)C2)s1. The van der Waals surface area contributed by atoms with Gasteiger partial charge in [0, 0.05) is 12.2 Å². The smallest absolute Gasteiger partial charge is 0.0897 e. The first-order valence-corrected chi connectivity index (χ1v) is 5.84. The van der Waals surface area contributed by atoms with Crippen LogP contribution in [-0.4, -0.2) is 17.1 Å². The predicted octanol–water partition coefficient (Wildman–Crippen LogP) is 1.85.